The third-order valence-electron chi connectivity index (χ3n) is 14.1. The third kappa shape index (κ3) is 50.5. The fourth-order valence-electron chi connectivity index (χ4n) is 9.48. The molecule has 67 heavy (non-hydrogen) atoms. The number of esters is 1. The summed E-state index contributed by atoms with van der Waals surface area (Å²) in [7, 11) is 0. The summed E-state index contributed by atoms with van der Waals surface area (Å²) in [4.78, 5) is 26.3. The third-order valence-corrected chi connectivity index (χ3v) is 14.1. The molecule has 3 unspecified atom stereocenters. The van der Waals surface area contributed by atoms with Gasteiger partial charge in [0.1, 0.15) is 6.10 Å². The van der Waals surface area contributed by atoms with Crippen molar-refractivity contribution in [2.24, 2.45) is 0 Å². The highest BCUT2D eigenvalue weighted by molar-refractivity contribution is 5.77. The lowest BCUT2D eigenvalue weighted by atomic mass is 10.0. The number of unbranched alkanes of at least 4 members (excludes halogenated alkanes) is 40. The summed E-state index contributed by atoms with van der Waals surface area (Å²) < 4.78 is 5.96. The van der Waals surface area contributed by atoms with Crippen molar-refractivity contribution in [3.05, 3.63) is 24.3 Å². The van der Waals surface area contributed by atoms with E-state index in [1.54, 1.807) is 0 Å². The van der Waals surface area contributed by atoms with Gasteiger partial charge in [-0.2, -0.15) is 0 Å². The van der Waals surface area contributed by atoms with Crippen molar-refractivity contribution < 1.29 is 24.5 Å². The largest absolute Gasteiger partial charge is 0.462 e. The Kier molecular flexibility index (Phi) is 53.9. The molecule has 0 radical (unpaired) electrons. The summed E-state index contributed by atoms with van der Waals surface area (Å²) in [6.45, 7) is 6.52. The van der Waals surface area contributed by atoms with Crippen molar-refractivity contribution >= 4 is 11.9 Å². The fourth-order valence-corrected chi connectivity index (χ4v) is 9.48. The molecule has 3 N–H and O–H groups in total. The van der Waals surface area contributed by atoms with Crippen LogP contribution in [-0.4, -0.2) is 46.9 Å². The van der Waals surface area contributed by atoms with Crippen LogP contribution in [0.15, 0.2) is 24.3 Å². The number of aliphatic hydroxyl groups is 2. The molecule has 0 spiro atoms. The Morgan fingerprint density at radius 3 is 1.10 bits per heavy atom. The molecule has 396 valence electrons. The molecule has 3 atom stereocenters. The maximum absolute atomic E-state index is 13.3. The van der Waals surface area contributed by atoms with Crippen LogP contribution in [0.4, 0.5) is 0 Å². The Morgan fingerprint density at radius 1 is 0.433 bits per heavy atom. The molecule has 0 rings (SSSR count). The van der Waals surface area contributed by atoms with Crippen LogP contribution in [0.5, 0.6) is 0 Å². The zero-order chi connectivity index (χ0) is 48.8. The molecule has 1 amide bonds. The number of hydrogen-bond acceptors (Lipinski definition) is 5. The van der Waals surface area contributed by atoms with E-state index in [9.17, 15) is 19.8 Å². The molecule has 0 aromatic heterocycles. The monoisotopic (exact) mass is 944 g/mol. The molecular formula is C61H117NO5. The smallest absolute Gasteiger partial charge is 0.306 e. The Hall–Kier alpha value is -1.66. The molecule has 0 aromatic carbocycles. The van der Waals surface area contributed by atoms with Crippen molar-refractivity contribution in [1.29, 1.82) is 0 Å². The summed E-state index contributed by atoms with van der Waals surface area (Å²) in [6.07, 6.45) is 65.3. The average Bonchev–Trinajstić information content (AvgIpc) is 3.32. The van der Waals surface area contributed by atoms with Gasteiger partial charge in [0.05, 0.1) is 25.2 Å². The molecule has 0 aliphatic heterocycles. The minimum absolute atomic E-state index is 0.0734. The fraction of sp³-hybridized carbons (Fsp3) is 0.902. The minimum Gasteiger partial charge on any atom is -0.462 e. The highest BCUT2D eigenvalue weighted by Crippen LogP contribution is 2.19. The van der Waals surface area contributed by atoms with Crippen LogP contribution in [0.25, 0.3) is 0 Å². The predicted molar refractivity (Wildman–Crippen MR) is 292 cm³/mol. The molecule has 0 saturated heterocycles. The first kappa shape index (κ1) is 65.3. The van der Waals surface area contributed by atoms with E-state index in [2.05, 4.69) is 50.4 Å². The number of carbonyl (C=O) groups is 2. The quantitative estimate of drug-likeness (QED) is 0.0321. The number of nitrogens with one attached hydrogen (secondary N) is 1. The Labute approximate surface area is 418 Å². The zero-order valence-corrected chi connectivity index (χ0v) is 45.3. The van der Waals surface area contributed by atoms with Gasteiger partial charge in [-0.1, -0.05) is 289 Å². The van der Waals surface area contributed by atoms with E-state index in [0.717, 1.165) is 57.8 Å². The number of aliphatic hydroxyl groups excluding tert-OH is 2. The summed E-state index contributed by atoms with van der Waals surface area (Å²) in [5, 5.41) is 23.9. The highest BCUT2D eigenvalue weighted by Gasteiger charge is 2.24. The van der Waals surface area contributed by atoms with Crippen LogP contribution in [0.2, 0.25) is 0 Å². The number of hydrogen-bond donors (Lipinski definition) is 3. The lowest BCUT2D eigenvalue weighted by Crippen LogP contribution is -2.46. The Morgan fingerprint density at radius 2 is 0.746 bits per heavy atom. The molecule has 0 fully saturated rings. The normalized spacial score (nSPS) is 13.2. The maximum Gasteiger partial charge on any atom is 0.306 e. The van der Waals surface area contributed by atoms with E-state index in [1.165, 1.54) is 225 Å². The first-order valence-electron chi connectivity index (χ1n) is 30.1. The van der Waals surface area contributed by atoms with Gasteiger partial charge in [0.2, 0.25) is 5.91 Å². The average molecular weight is 945 g/mol. The summed E-state index contributed by atoms with van der Waals surface area (Å²) in [5.74, 6) is -0.484. The molecule has 6 nitrogen and oxygen atoms in total. The number of amides is 1. The molecule has 0 aliphatic rings. The van der Waals surface area contributed by atoms with Crippen LogP contribution in [0.1, 0.15) is 329 Å². The van der Waals surface area contributed by atoms with Gasteiger partial charge in [0, 0.05) is 6.42 Å². The first-order valence-corrected chi connectivity index (χ1v) is 30.1. The summed E-state index contributed by atoms with van der Waals surface area (Å²) in [5.41, 5.74) is 0. The standard InChI is InChI=1S/C61H117NO5/c1-4-7-10-13-16-19-22-25-28-30-32-35-38-41-44-47-50-53-59(64)58(56-63)62-60(65)55-57(52-49-46-43-40-37-34-31-27-24-21-18-15-12-9-6-3)67-61(66)54-51-48-45-42-39-36-33-29-26-23-20-17-14-11-8-5-2/h29,33,36,39,57-59,63-64H,4-28,30-32,34-35,37-38,40-56H2,1-3H3,(H,62,65)/b33-29+,39-36+. The van der Waals surface area contributed by atoms with Crippen LogP contribution >= 0.6 is 0 Å². The van der Waals surface area contributed by atoms with E-state index in [1.807, 2.05) is 0 Å². The Bertz CT molecular complexity index is 1060. The van der Waals surface area contributed by atoms with E-state index in [0.29, 0.717) is 19.3 Å². The molecule has 0 bridgehead atoms. The van der Waals surface area contributed by atoms with Gasteiger partial charge in [-0.15, -0.1) is 0 Å². The summed E-state index contributed by atoms with van der Waals surface area (Å²) in [6, 6.07) is -0.703. The van der Waals surface area contributed by atoms with E-state index >= 15 is 0 Å². The lowest BCUT2D eigenvalue weighted by Gasteiger charge is -2.24. The molecule has 0 saturated carbocycles. The van der Waals surface area contributed by atoms with Gasteiger partial charge in [-0.3, -0.25) is 9.59 Å². The zero-order valence-electron chi connectivity index (χ0n) is 45.3. The van der Waals surface area contributed by atoms with Crippen molar-refractivity contribution in [2.75, 3.05) is 6.61 Å². The number of carbonyl (C=O) groups excluding carboxylic acids is 2. The second-order valence-electron chi connectivity index (χ2n) is 20.8. The van der Waals surface area contributed by atoms with E-state index < -0.39 is 18.2 Å². The van der Waals surface area contributed by atoms with Crippen molar-refractivity contribution in [2.45, 2.75) is 347 Å². The van der Waals surface area contributed by atoms with Crippen molar-refractivity contribution in [3.63, 3.8) is 0 Å². The molecular weight excluding hydrogens is 827 g/mol. The van der Waals surface area contributed by atoms with Gasteiger partial charge in [0.15, 0.2) is 0 Å². The lowest BCUT2D eigenvalue weighted by molar-refractivity contribution is -0.151. The SMILES string of the molecule is CCCCCCCCC/C=C/C=C/CCCCCC(=O)OC(CCCCCCCCCCCCCCCCC)CC(=O)NC(CO)C(O)CCCCCCCCCCCCCCCCCCC. The van der Waals surface area contributed by atoms with Crippen molar-refractivity contribution in [3.8, 4) is 0 Å². The van der Waals surface area contributed by atoms with Crippen molar-refractivity contribution in [1.82, 2.24) is 5.32 Å². The number of ether oxygens (including phenoxy) is 1. The first-order chi connectivity index (χ1) is 33.0. The molecule has 0 aliphatic carbocycles. The van der Waals surface area contributed by atoms with Gasteiger partial charge in [0.25, 0.3) is 0 Å². The van der Waals surface area contributed by atoms with Crippen LogP contribution in [0.3, 0.4) is 0 Å². The maximum atomic E-state index is 13.3. The molecule has 0 aromatic rings. The topological polar surface area (TPSA) is 95.9 Å². The second kappa shape index (κ2) is 55.3. The number of allylic oxidation sites excluding steroid dienone is 4. The number of rotatable bonds is 55. The van der Waals surface area contributed by atoms with Crippen LogP contribution < -0.4 is 5.32 Å². The van der Waals surface area contributed by atoms with E-state index in [-0.39, 0.29) is 24.9 Å². The van der Waals surface area contributed by atoms with Crippen LogP contribution in [0, 0.1) is 0 Å². The van der Waals surface area contributed by atoms with Crippen LogP contribution in [-0.2, 0) is 14.3 Å². The highest BCUT2D eigenvalue weighted by atomic mass is 16.5. The van der Waals surface area contributed by atoms with Gasteiger partial charge in [-0.05, 0) is 51.4 Å². The molecule has 0 heterocycles. The van der Waals surface area contributed by atoms with Gasteiger partial charge < -0.3 is 20.3 Å². The second-order valence-corrected chi connectivity index (χ2v) is 20.8. The van der Waals surface area contributed by atoms with Gasteiger partial charge in [-0.25, -0.2) is 0 Å². The molecule has 6 heteroatoms. The summed E-state index contributed by atoms with van der Waals surface area (Å²) >= 11 is 0. The minimum atomic E-state index is -0.789. The van der Waals surface area contributed by atoms with E-state index in [4.69, 9.17) is 4.74 Å². The Balaban J connectivity index is 4.53. The van der Waals surface area contributed by atoms with Gasteiger partial charge >= 0.3 is 5.97 Å². The predicted octanol–water partition coefficient (Wildman–Crippen LogP) is 18.6.